The molecule has 0 spiro atoms. The number of allylic oxidation sites excluding steroid dienone is 1. The molecule has 0 aromatic heterocycles. The highest BCUT2D eigenvalue weighted by Crippen LogP contribution is 2.25. The Kier molecular flexibility index (Phi) is 4.79. The lowest BCUT2D eigenvalue weighted by atomic mass is 9.98. The van der Waals surface area contributed by atoms with E-state index < -0.39 is 6.10 Å². The molecule has 1 nitrogen and oxygen atoms in total. The van der Waals surface area contributed by atoms with Crippen molar-refractivity contribution in [1.82, 2.24) is 0 Å². The van der Waals surface area contributed by atoms with Gasteiger partial charge >= 0.3 is 0 Å². The zero-order valence-corrected chi connectivity index (χ0v) is 11.1. The van der Waals surface area contributed by atoms with Gasteiger partial charge in [0.1, 0.15) is 5.82 Å². The van der Waals surface area contributed by atoms with Gasteiger partial charge in [-0.1, -0.05) is 30.2 Å². The molecule has 1 aromatic rings. The van der Waals surface area contributed by atoms with Crippen molar-refractivity contribution in [3.05, 3.63) is 46.3 Å². The average molecular weight is 269 g/mol. The average Bonchev–Trinajstić information content (AvgIpc) is 2.62. The zero-order chi connectivity index (χ0) is 13.0. The highest BCUT2D eigenvalue weighted by molar-refractivity contribution is 6.31. The van der Waals surface area contributed by atoms with Crippen LogP contribution >= 0.6 is 11.6 Å². The van der Waals surface area contributed by atoms with E-state index in [0.29, 0.717) is 10.6 Å². The first-order valence-corrected chi connectivity index (χ1v) is 6.86. The molecule has 2 rings (SSSR count). The number of halogens is 2. The third-order valence-electron chi connectivity index (χ3n) is 3.46. The Bertz CT molecular complexity index is 422. The standard InChI is InChI=1S/C15H18ClFO/c16-13-8-5-9-14(17)12(13)10-15(18)11-6-3-1-2-4-7-11/h5-6,8-9,15,18H,1-4,7,10H2. The molecule has 0 saturated heterocycles. The Balaban J connectivity index is 2.10. The van der Waals surface area contributed by atoms with Crippen molar-refractivity contribution in [3.8, 4) is 0 Å². The van der Waals surface area contributed by atoms with Gasteiger partial charge in [0.2, 0.25) is 0 Å². The molecule has 1 aliphatic rings. The van der Waals surface area contributed by atoms with Crippen molar-refractivity contribution in [2.75, 3.05) is 0 Å². The van der Waals surface area contributed by atoms with Crippen LogP contribution in [0.25, 0.3) is 0 Å². The fourth-order valence-corrected chi connectivity index (χ4v) is 2.63. The van der Waals surface area contributed by atoms with Crippen LogP contribution in [0.15, 0.2) is 29.8 Å². The normalized spacial score (nSPS) is 18.1. The Morgan fingerprint density at radius 3 is 2.89 bits per heavy atom. The van der Waals surface area contributed by atoms with Gasteiger partial charge in [0, 0.05) is 17.0 Å². The van der Waals surface area contributed by atoms with E-state index in [1.165, 1.54) is 18.9 Å². The van der Waals surface area contributed by atoms with Crippen LogP contribution in [0.3, 0.4) is 0 Å². The van der Waals surface area contributed by atoms with Gasteiger partial charge in [0.25, 0.3) is 0 Å². The molecule has 1 atom stereocenters. The second-order valence-corrected chi connectivity index (χ2v) is 5.21. The first-order chi connectivity index (χ1) is 8.68. The monoisotopic (exact) mass is 268 g/mol. The minimum absolute atomic E-state index is 0.261. The Hall–Kier alpha value is -0.860. The molecular weight excluding hydrogens is 251 g/mol. The summed E-state index contributed by atoms with van der Waals surface area (Å²) in [5.41, 5.74) is 1.45. The zero-order valence-electron chi connectivity index (χ0n) is 10.3. The van der Waals surface area contributed by atoms with Crippen LogP contribution < -0.4 is 0 Å². The highest BCUT2D eigenvalue weighted by Gasteiger charge is 2.17. The number of aliphatic hydroxyl groups excluding tert-OH is 1. The summed E-state index contributed by atoms with van der Waals surface area (Å²) in [6.45, 7) is 0. The van der Waals surface area contributed by atoms with Crippen molar-refractivity contribution in [1.29, 1.82) is 0 Å². The Morgan fingerprint density at radius 1 is 1.28 bits per heavy atom. The highest BCUT2D eigenvalue weighted by atomic mass is 35.5. The van der Waals surface area contributed by atoms with Crippen LogP contribution in [0, 0.1) is 5.82 Å². The molecule has 98 valence electrons. The van der Waals surface area contributed by atoms with Crippen molar-refractivity contribution >= 4 is 11.6 Å². The van der Waals surface area contributed by atoms with E-state index in [4.69, 9.17) is 11.6 Å². The number of benzene rings is 1. The van der Waals surface area contributed by atoms with Crippen LogP contribution in [0.5, 0.6) is 0 Å². The molecule has 18 heavy (non-hydrogen) atoms. The quantitative estimate of drug-likeness (QED) is 0.812. The molecule has 0 aliphatic heterocycles. The lowest BCUT2D eigenvalue weighted by molar-refractivity contribution is 0.205. The van der Waals surface area contributed by atoms with Gasteiger partial charge in [0.05, 0.1) is 6.10 Å². The molecule has 0 amide bonds. The minimum atomic E-state index is -0.613. The molecule has 0 bridgehead atoms. The van der Waals surface area contributed by atoms with E-state index >= 15 is 0 Å². The largest absolute Gasteiger partial charge is 0.388 e. The second-order valence-electron chi connectivity index (χ2n) is 4.80. The maximum Gasteiger partial charge on any atom is 0.127 e. The number of hydrogen-bond acceptors (Lipinski definition) is 1. The molecule has 0 saturated carbocycles. The van der Waals surface area contributed by atoms with Crippen LogP contribution in [0.4, 0.5) is 4.39 Å². The summed E-state index contributed by atoms with van der Waals surface area (Å²) in [6.07, 6.45) is 7.16. The molecule has 1 N–H and O–H groups in total. The second kappa shape index (κ2) is 6.35. The first kappa shape index (κ1) is 13.6. The molecule has 0 heterocycles. The number of hydrogen-bond donors (Lipinski definition) is 1. The summed E-state index contributed by atoms with van der Waals surface area (Å²) in [4.78, 5) is 0. The predicted octanol–water partition coefficient (Wildman–Crippen LogP) is 4.27. The van der Waals surface area contributed by atoms with Crippen molar-refractivity contribution in [2.45, 2.75) is 44.6 Å². The van der Waals surface area contributed by atoms with Crippen molar-refractivity contribution in [3.63, 3.8) is 0 Å². The smallest absolute Gasteiger partial charge is 0.127 e. The van der Waals surface area contributed by atoms with Crippen LogP contribution in [-0.4, -0.2) is 11.2 Å². The fourth-order valence-electron chi connectivity index (χ4n) is 2.39. The predicted molar refractivity (Wildman–Crippen MR) is 72.3 cm³/mol. The summed E-state index contributed by atoms with van der Waals surface area (Å²) in [5, 5.41) is 10.6. The number of rotatable bonds is 3. The summed E-state index contributed by atoms with van der Waals surface area (Å²) < 4.78 is 13.6. The van der Waals surface area contributed by atoms with E-state index in [2.05, 4.69) is 6.08 Å². The summed E-state index contributed by atoms with van der Waals surface area (Å²) in [7, 11) is 0. The third-order valence-corrected chi connectivity index (χ3v) is 3.82. The van der Waals surface area contributed by atoms with Gasteiger partial charge in [-0.3, -0.25) is 0 Å². The maximum atomic E-state index is 13.6. The topological polar surface area (TPSA) is 20.2 Å². The van der Waals surface area contributed by atoms with Gasteiger partial charge in [-0.25, -0.2) is 4.39 Å². The number of aliphatic hydroxyl groups is 1. The SMILES string of the molecule is OC(Cc1c(F)cccc1Cl)C1=CCCCCC1. The molecule has 1 aliphatic carbocycles. The van der Waals surface area contributed by atoms with Gasteiger partial charge in [-0.05, 0) is 43.4 Å². The van der Waals surface area contributed by atoms with Crippen LogP contribution in [0.2, 0.25) is 5.02 Å². The van der Waals surface area contributed by atoms with Crippen LogP contribution in [-0.2, 0) is 6.42 Å². The Labute approximate surface area is 112 Å². The van der Waals surface area contributed by atoms with Crippen molar-refractivity contribution < 1.29 is 9.50 Å². The van der Waals surface area contributed by atoms with E-state index in [-0.39, 0.29) is 12.2 Å². The van der Waals surface area contributed by atoms with E-state index in [9.17, 15) is 9.50 Å². The lowest BCUT2D eigenvalue weighted by Gasteiger charge is -2.15. The first-order valence-electron chi connectivity index (χ1n) is 6.48. The Morgan fingerprint density at radius 2 is 2.11 bits per heavy atom. The molecule has 3 heteroatoms. The van der Waals surface area contributed by atoms with Gasteiger partial charge in [0.15, 0.2) is 0 Å². The molecular formula is C15H18ClFO. The summed E-state index contributed by atoms with van der Waals surface area (Å²) in [5.74, 6) is -0.337. The van der Waals surface area contributed by atoms with E-state index in [1.807, 2.05) is 0 Å². The maximum absolute atomic E-state index is 13.6. The van der Waals surface area contributed by atoms with Gasteiger partial charge in [-0.15, -0.1) is 0 Å². The molecule has 0 fully saturated rings. The van der Waals surface area contributed by atoms with Crippen molar-refractivity contribution in [2.24, 2.45) is 0 Å². The molecule has 1 unspecified atom stereocenters. The third kappa shape index (κ3) is 3.33. The molecule has 1 aromatic carbocycles. The lowest BCUT2D eigenvalue weighted by Crippen LogP contribution is -2.15. The van der Waals surface area contributed by atoms with E-state index in [0.717, 1.165) is 24.8 Å². The summed E-state index contributed by atoms with van der Waals surface area (Å²) in [6, 6.07) is 4.63. The van der Waals surface area contributed by atoms with Crippen LogP contribution in [0.1, 0.15) is 37.7 Å². The minimum Gasteiger partial charge on any atom is -0.388 e. The van der Waals surface area contributed by atoms with Gasteiger partial charge in [-0.2, -0.15) is 0 Å². The fraction of sp³-hybridized carbons (Fsp3) is 0.467. The molecule has 0 radical (unpaired) electrons. The van der Waals surface area contributed by atoms with Gasteiger partial charge < -0.3 is 5.11 Å². The summed E-state index contributed by atoms with van der Waals surface area (Å²) >= 11 is 5.97. The van der Waals surface area contributed by atoms with E-state index in [1.54, 1.807) is 12.1 Å².